The Kier molecular flexibility index (Phi) is 6.61. The van der Waals surface area contributed by atoms with Gasteiger partial charge in [-0.2, -0.15) is 11.8 Å². The molecule has 0 saturated heterocycles. The molecule has 0 bridgehead atoms. The lowest BCUT2D eigenvalue weighted by atomic mass is 10.1. The van der Waals surface area contributed by atoms with Crippen LogP contribution in [-0.2, 0) is 6.42 Å². The molecule has 0 aromatic carbocycles. The molecule has 0 amide bonds. The topological polar surface area (TPSA) is 62.5 Å². The molecular formula is C16H28N4OS. The number of guanidine groups is 1. The monoisotopic (exact) mass is 324 g/mol. The summed E-state index contributed by atoms with van der Waals surface area (Å²) in [5, 5.41) is 11.7. The molecule has 1 aliphatic carbocycles. The van der Waals surface area contributed by atoms with Gasteiger partial charge in [-0.25, -0.2) is 0 Å². The van der Waals surface area contributed by atoms with E-state index >= 15 is 0 Å². The molecule has 1 aromatic heterocycles. The highest BCUT2D eigenvalue weighted by Gasteiger charge is 2.25. The summed E-state index contributed by atoms with van der Waals surface area (Å²) in [6.07, 6.45) is 4.69. The molecule has 2 unspecified atom stereocenters. The smallest absolute Gasteiger partial charge is 0.191 e. The van der Waals surface area contributed by atoms with Gasteiger partial charge < -0.3 is 15.2 Å². The number of nitrogens with zero attached hydrogens (tertiary/aromatic N) is 2. The first-order valence-electron chi connectivity index (χ1n) is 8.14. The maximum Gasteiger partial charge on any atom is 0.191 e. The van der Waals surface area contributed by atoms with Crippen molar-refractivity contribution in [3.63, 3.8) is 0 Å². The second-order valence-electron chi connectivity index (χ2n) is 5.78. The number of nitrogens with one attached hydrogen (secondary N) is 2. The second kappa shape index (κ2) is 8.46. The summed E-state index contributed by atoms with van der Waals surface area (Å²) in [5.74, 6) is 3.03. The summed E-state index contributed by atoms with van der Waals surface area (Å²) in [5.41, 5.74) is 2.18. The van der Waals surface area contributed by atoms with Crippen LogP contribution < -0.4 is 10.6 Å². The Morgan fingerprint density at radius 2 is 2.23 bits per heavy atom. The molecule has 6 heteroatoms. The standard InChI is InChI=1S/C16H28N4OS/c1-5-22-14-7-6-13(10-14)19-16(17-4)18-9-8-15-11(2)20-21-12(15)3/h13-14H,5-10H2,1-4H3,(H2,17,18,19). The van der Waals surface area contributed by atoms with E-state index in [4.69, 9.17) is 4.52 Å². The van der Waals surface area contributed by atoms with Crippen molar-refractivity contribution >= 4 is 17.7 Å². The van der Waals surface area contributed by atoms with E-state index in [2.05, 4.69) is 39.5 Å². The first-order valence-corrected chi connectivity index (χ1v) is 9.19. The lowest BCUT2D eigenvalue weighted by Gasteiger charge is -2.17. The van der Waals surface area contributed by atoms with Crippen molar-refractivity contribution in [2.75, 3.05) is 19.3 Å². The van der Waals surface area contributed by atoms with E-state index in [1.807, 2.05) is 20.9 Å². The second-order valence-corrected chi connectivity index (χ2v) is 7.36. The Morgan fingerprint density at radius 3 is 2.86 bits per heavy atom. The highest BCUT2D eigenvalue weighted by Crippen LogP contribution is 2.29. The van der Waals surface area contributed by atoms with Crippen molar-refractivity contribution < 1.29 is 4.52 Å². The Bertz CT molecular complexity index is 481. The van der Waals surface area contributed by atoms with Gasteiger partial charge in [-0.15, -0.1) is 0 Å². The van der Waals surface area contributed by atoms with Crippen molar-refractivity contribution in [1.29, 1.82) is 0 Å². The fourth-order valence-electron chi connectivity index (χ4n) is 3.01. The fraction of sp³-hybridized carbons (Fsp3) is 0.750. The zero-order valence-electron chi connectivity index (χ0n) is 14.1. The van der Waals surface area contributed by atoms with Gasteiger partial charge in [0.1, 0.15) is 5.76 Å². The minimum atomic E-state index is 0.550. The van der Waals surface area contributed by atoms with Gasteiger partial charge in [0.2, 0.25) is 0 Å². The quantitative estimate of drug-likeness (QED) is 0.622. The Hall–Kier alpha value is -1.17. The molecule has 1 fully saturated rings. The van der Waals surface area contributed by atoms with Crippen LogP contribution in [0.15, 0.2) is 9.52 Å². The van der Waals surface area contributed by atoms with Gasteiger partial charge in [-0.05, 0) is 45.3 Å². The van der Waals surface area contributed by atoms with Gasteiger partial charge in [-0.1, -0.05) is 12.1 Å². The summed E-state index contributed by atoms with van der Waals surface area (Å²) in [6, 6.07) is 0.550. The average molecular weight is 324 g/mol. The van der Waals surface area contributed by atoms with Crippen molar-refractivity contribution in [1.82, 2.24) is 15.8 Å². The Labute approximate surface area is 137 Å². The molecule has 0 aliphatic heterocycles. The largest absolute Gasteiger partial charge is 0.361 e. The van der Waals surface area contributed by atoms with Gasteiger partial charge >= 0.3 is 0 Å². The van der Waals surface area contributed by atoms with E-state index in [1.165, 1.54) is 30.6 Å². The van der Waals surface area contributed by atoms with Gasteiger partial charge in [0.15, 0.2) is 5.96 Å². The maximum absolute atomic E-state index is 5.20. The van der Waals surface area contributed by atoms with Crippen molar-refractivity contribution in [3.8, 4) is 0 Å². The molecule has 1 saturated carbocycles. The highest BCUT2D eigenvalue weighted by atomic mass is 32.2. The van der Waals surface area contributed by atoms with Gasteiger partial charge in [0, 0.05) is 30.4 Å². The molecule has 1 aromatic rings. The lowest BCUT2D eigenvalue weighted by molar-refractivity contribution is 0.392. The third-order valence-electron chi connectivity index (χ3n) is 4.20. The fourth-order valence-corrected chi connectivity index (χ4v) is 4.15. The molecule has 5 nitrogen and oxygen atoms in total. The average Bonchev–Trinajstić information content (AvgIpc) is 3.07. The number of thioether (sulfide) groups is 1. The van der Waals surface area contributed by atoms with E-state index < -0.39 is 0 Å². The third kappa shape index (κ3) is 4.66. The SMILES string of the molecule is CCSC1CCC(NC(=NC)NCCc2c(C)noc2C)C1. The molecule has 2 atom stereocenters. The van der Waals surface area contributed by atoms with Crippen LogP contribution in [0.4, 0.5) is 0 Å². The van der Waals surface area contributed by atoms with Crippen LogP contribution in [0.1, 0.15) is 43.2 Å². The first kappa shape index (κ1) is 17.2. The molecule has 2 rings (SSSR count). The first-order chi connectivity index (χ1) is 10.6. The predicted molar refractivity (Wildman–Crippen MR) is 93.7 cm³/mol. The Balaban J connectivity index is 1.74. The molecule has 22 heavy (non-hydrogen) atoms. The molecule has 1 heterocycles. The molecule has 1 aliphatic rings. The molecular weight excluding hydrogens is 296 g/mol. The zero-order valence-corrected chi connectivity index (χ0v) is 14.9. The number of hydrogen-bond acceptors (Lipinski definition) is 4. The van der Waals surface area contributed by atoms with Crippen molar-refractivity contribution in [3.05, 3.63) is 17.0 Å². The molecule has 0 radical (unpaired) electrons. The summed E-state index contributed by atoms with van der Waals surface area (Å²) >= 11 is 2.08. The minimum Gasteiger partial charge on any atom is -0.361 e. The predicted octanol–water partition coefficient (Wildman–Crippen LogP) is 2.67. The molecule has 0 spiro atoms. The van der Waals surface area contributed by atoms with Crippen LogP contribution >= 0.6 is 11.8 Å². The summed E-state index contributed by atoms with van der Waals surface area (Å²) in [4.78, 5) is 4.33. The lowest BCUT2D eigenvalue weighted by Crippen LogP contribution is -2.43. The Morgan fingerprint density at radius 1 is 1.41 bits per heavy atom. The number of aliphatic imine (C=N–C) groups is 1. The van der Waals surface area contributed by atoms with Crippen LogP contribution in [0.25, 0.3) is 0 Å². The maximum atomic E-state index is 5.20. The van der Waals surface area contributed by atoms with E-state index in [1.54, 1.807) is 0 Å². The van der Waals surface area contributed by atoms with Crippen LogP contribution in [0, 0.1) is 13.8 Å². The number of rotatable bonds is 6. The van der Waals surface area contributed by atoms with Crippen LogP contribution in [0.2, 0.25) is 0 Å². The van der Waals surface area contributed by atoms with Crippen LogP contribution in [0.5, 0.6) is 0 Å². The van der Waals surface area contributed by atoms with Gasteiger partial charge in [0.05, 0.1) is 5.69 Å². The summed E-state index contributed by atoms with van der Waals surface area (Å²) in [7, 11) is 1.83. The van der Waals surface area contributed by atoms with Gasteiger partial charge in [-0.3, -0.25) is 4.99 Å². The third-order valence-corrected chi connectivity index (χ3v) is 5.43. The minimum absolute atomic E-state index is 0.550. The van der Waals surface area contributed by atoms with Crippen LogP contribution in [-0.4, -0.2) is 41.8 Å². The normalized spacial score (nSPS) is 22.1. The zero-order chi connectivity index (χ0) is 15.9. The highest BCUT2D eigenvalue weighted by molar-refractivity contribution is 7.99. The van der Waals surface area contributed by atoms with E-state index in [0.717, 1.165) is 35.6 Å². The summed E-state index contributed by atoms with van der Waals surface area (Å²) in [6.45, 7) is 7.03. The van der Waals surface area contributed by atoms with Gasteiger partial charge in [0.25, 0.3) is 0 Å². The van der Waals surface area contributed by atoms with E-state index in [0.29, 0.717) is 6.04 Å². The molecule has 124 valence electrons. The number of aryl methyl sites for hydroxylation is 2. The van der Waals surface area contributed by atoms with Crippen LogP contribution in [0.3, 0.4) is 0 Å². The summed E-state index contributed by atoms with van der Waals surface area (Å²) < 4.78 is 5.20. The van der Waals surface area contributed by atoms with Crippen molar-refractivity contribution in [2.24, 2.45) is 4.99 Å². The number of hydrogen-bond donors (Lipinski definition) is 2. The molecule has 2 N–H and O–H groups in total. The van der Waals surface area contributed by atoms with E-state index in [-0.39, 0.29) is 0 Å². The number of aromatic nitrogens is 1. The van der Waals surface area contributed by atoms with Crippen molar-refractivity contribution in [2.45, 2.75) is 57.7 Å². The van der Waals surface area contributed by atoms with E-state index in [9.17, 15) is 0 Å².